The Bertz CT molecular complexity index is 207. The van der Waals surface area contributed by atoms with Crippen LogP contribution >= 0.6 is 0 Å². The van der Waals surface area contributed by atoms with Crippen molar-refractivity contribution in [1.82, 2.24) is 0 Å². The topological polar surface area (TPSA) is 94.5 Å². The number of carbonyl (C=O) groups excluding carboxylic acids is 1. The van der Waals surface area contributed by atoms with Crippen LogP contribution in [0.3, 0.4) is 0 Å². The Morgan fingerprint density at radius 1 is 1.60 bits per heavy atom. The third kappa shape index (κ3) is 4.37. The second kappa shape index (κ2) is 4.42. The summed E-state index contributed by atoms with van der Waals surface area (Å²) in [7, 11) is -4.85. The third-order valence-electron chi connectivity index (χ3n) is 0.621. The maximum atomic E-state index is 9.96. The van der Waals surface area contributed by atoms with Crippen molar-refractivity contribution in [3.05, 3.63) is 0 Å². The first kappa shape index (κ1) is 13.2. The van der Waals surface area contributed by atoms with Crippen LogP contribution < -0.4 is 29.6 Å². The molecule has 0 rings (SSSR count). The minimum atomic E-state index is -4.85. The summed E-state index contributed by atoms with van der Waals surface area (Å²) in [5, 5.41) is 8.21. The van der Waals surface area contributed by atoms with Crippen molar-refractivity contribution in [2.45, 2.75) is 12.4 Å². The molecule has 0 amide bonds. The Hall–Kier alpha value is 0.540. The molecule has 0 aromatic carbocycles. The monoisotopic (exact) mass is 176 g/mol. The van der Waals surface area contributed by atoms with E-state index in [1.165, 1.54) is 0 Å². The summed E-state index contributed by atoms with van der Waals surface area (Å²) in [6, 6.07) is 0. The SMILES string of the molecule is CC(=O)C(O)S(=O)(=O)[O-].[Na+]. The van der Waals surface area contributed by atoms with E-state index in [0.717, 1.165) is 6.92 Å². The van der Waals surface area contributed by atoms with E-state index in [2.05, 4.69) is 0 Å². The maximum Gasteiger partial charge on any atom is 1.00 e. The van der Waals surface area contributed by atoms with Crippen LogP contribution in [0.1, 0.15) is 6.92 Å². The van der Waals surface area contributed by atoms with Gasteiger partial charge in [0.1, 0.15) is 10.1 Å². The molecule has 1 N–H and O–H groups in total. The smallest absolute Gasteiger partial charge is 0.746 e. The Morgan fingerprint density at radius 3 is 1.90 bits per heavy atom. The van der Waals surface area contributed by atoms with E-state index in [0.29, 0.717) is 0 Å². The van der Waals surface area contributed by atoms with Crippen LogP contribution in [0.25, 0.3) is 0 Å². The van der Waals surface area contributed by atoms with E-state index in [1.54, 1.807) is 0 Å². The van der Waals surface area contributed by atoms with Gasteiger partial charge >= 0.3 is 29.6 Å². The molecule has 0 aromatic heterocycles. The number of hydrogen-bond acceptors (Lipinski definition) is 5. The van der Waals surface area contributed by atoms with Crippen LogP contribution in [-0.2, 0) is 14.9 Å². The molecule has 1 atom stereocenters. The zero-order valence-corrected chi connectivity index (χ0v) is 8.38. The summed E-state index contributed by atoms with van der Waals surface area (Å²) < 4.78 is 29.2. The molecule has 0 saturated heterocycles. The normalized spacial score (nSPS) is 13.5. The molecule has 0 aliphatic rings. The molecule has 0 aliphatic carbocycles. The minimum Gasteiger partial charge on any atom is -0.746 e. The molecule has 0 spiro atoms. The molecular formula is C3H5NaO5S. The van der Waals surface area contributed by atoms with Crippen molar-refractivity contribution in [2.75, 3.05) is 0 Å². The van der Waals surface area contributed by atoms with E-state index in [-0.39, 0.29) is 29.6 Å². The van der Waals surface area contributed by atoms with E-state index in [1.807, 2.05) is 0 Å². The molecule has 54 valence electrons. The van der Waals surface area contributed by atoms with Gasteiger partial charge in [0.25, 0.3) is 0 Å². The summed E-state index contributed by atoms with van der Waals surface area (Å²) >= 11 is 0. The van der Waals surface area contributed by atoms with E-state index < -0.39 is 21.3 Å². The standard InChI is InChI=1S/C3H6O5S.Na/c1-2(4)3(5)9(6,7)8;/h3,5H,1H3,(H,6,7,8);/q;+1/p-1. The van der Waals surface area contributed by atoms with Gasteiger partial charge in [0.05, 0.1) is 0 Å². The van der Waals surface area contributed by atoms with Crippen molar-refractivity contribution in [1.29, 1.82) is 0 Å². The van der Waals surface area contributed by atoms with Crippen LogP contribution in [0.15, 0.2) is 0 Å². The van der Waals surface area contributed by atoms with Crippen molar-refractivity contribution >= 4 is 15.9 Å². The fourth-order valence-corrected chi connectivity index (χ4v) is 0.610. The third-order valence-corrected chi connectivity index (χ3v) is 1.50. The largest absolute Gasteiger partial charge is 1.00 e. The Kier molecular flexibility index (Phi) is 5.82. The van der Waals surface area contributed by atoms with Gasteiger partial charge in [-0.25, -0.2) is 8.42 Å². The fourth-order valence-electron chi connectivity index (χ4n) is 0.203. The zero-order valence-electron chi connectivity index (χ0n) is 5.57. The minimum absolute atomic E-state index is 0. The van der Waals surface area contributed by atoms with Gasteiger partial charge in [-0.15, -0.1) is 0 Å². The molecule has 10 heavy (non-hydrogen) atoms. The average molecular weight is 176 g/mol. The quantitative estimate of drug-likeness (QED) is 0.337. The van der Waals surface area contributed by atoms with Gasteiger partial charge < -0.3 is 9.66 Å². The van der Waals surface area contributed by atoms with Crippen molar-refractivity contribution in [3.63, 3.8) is 0 Å². The van der Waals surface area contributed by atoms with E-state index in [9.17, 15) is 17.8 Å². The molecule has 0 fully saturated rings. The molecule has 0 saturated carbocycles. The van der Waals surface area contributed by atoms with Gasteiger partial charge in [0.2, 0.25) is 5.44 Å². The molecular weight excluding hydrogens is 171 g/mol. The van der Waals surface area contributed by atoms with Gasteiger partial charge in [0, 0.05) is 0 Å². The first-order chi connectivity index (χ1) is 3.85. The second-order valence-electron chi connectivity index (χ2n) is 1.46. The van der Waals surface area contributed by atoms with E-state index >= 15 is 0 Å². The van der Waals surface area contributed by atoms with Gasteiger partial charge in [-0.1, -0.05) is 0 Å². The van der Waals surface area contributed by atoms with Crippen molar-refractivity contribution in [3.8, 4) is 0 Å². The van der Waals surface area contributed by atoms with Crippen LogP contribution in [0, 0.1) is 0 Å². The fraction of sp³-hybridized carbons (Fsp3) is 0.667. The van der Waals surface area contributed by atoms with Crippen LogP contribution in [-0.4, -0.2) is 29.3 Å². The summed E-state index contributed by atoms with van der Waals surface area (Å²) in [5.41, 5.74) is -2.41. The molecule has 1 unspecified atom stereocenters. The van der Waals surface area contributed by atoms with Crippen molar-refractivity contribution < 1.29 is 52.4 Å². The number of ketones is 1. The summed E-state index contributed by atoms with van der Waals surface area (Å²) in [4.78, 5) is 9.96. The van der Waals surface area contributed by atoms with Crippen molar-refractivity contribution in [2.24, 2.45) is 0 Å². The number of hydrogen-bond donors (Lipinski definition) is 1. The first-order valence-corrected chi connectivity index (χ1v) is 3.46. The first-order valence-electron chi connectivity index (χ1n) is 1.99. The molecule has 0 heterocycles. The van der Waals surface area contributed by atoms with Gasteiger partial charge in [-0.3, -0.25) is 4.79 Å². The number of carbonyl (C=O) groups is 1. The maximum absolute atomic E-state index is 9.96. The molecule has 5 nitrogen and oxygen atoms in total. The predicted octanol–water partition coefficient (Wildman–Crippen LogP) is -4.56. The summed E-state index contributed by atoms with van der Waals surface area (Å²) in [6.45, 7) is 0.820. The number of aliphatic hydroxyl groups excluding tert-OH is 1. The van der Waals surface area contributed by atoms with Gasteiger partial charge in [-0.2, -0.15) is 0 Å². The predicted molar refractivity (Wildman–Crippen MR) is 26.4 cm³/mol. The second-order valence-corrected chi connectivity index (χ2v) is 2.89. The number of aliphatic hydroxyl groups is 1. The average Bonchev–Trinajstić information content (AvgIpc) is 1.62. The van der Waals surface area contributed by atoms with Crippen LogP contribution in [0.4, 0.5) is 0 Å². The van der Waals surface area contributed by atoms with Gasteiger partial charge in [-0.05, 0) is 6.92 Å². The summed E-state index contributed by atoms with van der Waals surface area (Å²) in [5.74, 6) is -1.06. The molecule has 0 bridgehead atoms. The van der Waals surface area contributed by atoms with Gasteiger partial charge in [0.15, 0.2) is 5.78 Å². The number of Topliss-reactive ketones (excluding diaryl/α,β-unsaturated/α-hetero) is 1. The molecule has 0 aromatic rings. The molecule has 7 heteroatoms. The Balaban J connectivity index is 0. The summed E-state index contributed by atoms with van der Waals surface area (Å²) in [6.07, 6.45) is 0. The Morgan fingerprint density at radius 2 is 1.90 bits per heavy atom. The van der Waals surface area contributed by atoms with E-state index in [4.69, 9.17) is 5.11 Å². The van der Waals surface area contributed by atoms with Crippen LogP contribution in [0.5, 0.6) is 0 Å². The molecule has 0 aliphatic heterocycles. The zero-order chi connectivity index (χ0) is 7.65. The van der Waals surface area contributed by atoms with Crippen LogP contribution in [0.2, 0.25) is 0 Å². The molecule has 0 radical (unpaired) electrons. The Labute approximate surface area is 80.5 Å². The number of rotatable bonds is 2.